The van der Waals surface area contributed by atoms with Crippen LogP contribution >= 0.6 is 11.6 Å². The van der Waals surface area contributed by atoms with E-state index in [1.807, 2.05) is 43.3 Å². The van der Waals surface area contributed by atoms with Crippen molar-refractivity contribution in [3.63, 3.8) is 0 Å². The summed E-state index contributed by atoms with van der Waals surface area (Å²) in [6, 6.07) is 15.2. The quantitative estimate of drug-likeness (QED) is 0.531. The summed E-state index contributed by atoms with van der Waals surface area (Å²) < 4.78 is 10.6. The predicted octanol–water partition coefficient (Wildman–Crippen LogP) is 4.31. The molecule has 2 aromatic rings. The molecular formula is C23H30ClNO4. The standard InChI is InChI=1S/C23H30ClNO4/c1-4-6-22(23(27)28-3)29-20-11-9-17(10-12-20)13-16(2)25-15-21(26)18-7-5-8-19(24)14-18/h5,7-12,14,16,21-22,25-26H,4,6,13,15H2,1-3H3. The molecule has 2 N–H and O–H groups in total. The second-order valence-electron chi connectivity index (χ2n) is 7.15. The largest absolute Gasteiger partial charge is 0.479 e. The Balaban J connectivity index is 1.84. The van der Waals surface area contributed by atoms with Crippen LogP contribution in [0.4, 0.5) is 0 Å². The molecule has 0 aromatic heterocycles. The number of hydrogen-bond acceptors (Lipinski definition) is 5. The minimum atomic E-state index is -0.610. The van der Waals surface area contributed by atoms with Crippen LogP contribution in [0.25, 0.3) is 0 Å². The number of esters is 1. The third-order valence-corrected chi connectivity index (χ3v) is 4.89. The zero-order valence-corrected chi connectivity index (χ0v) is 18.0. The van der Waals surface area contributed by atoms with E-state index in [2.05, 4.69) is 12.2 Å². The van der Waals surface area contributed by atoms with E-state index >= 15 is 0 Å². The molecular weight excluding hydrogens is 390 g/mol. The highest BCUT2D eigenvalue weighted by atomic mass is 35.5. The topological polar surface area (TPSA) is 67.8 Å². The van der Waals surface area contributed by atoms with Gasteiger partial charge in [-0.1, -0.05) is 49.2 Å². The van der Waals surface area contributed by atoms with Crippen molar-refractivity contribution in [2.75, 3.05) is 13.7 Å². The molecule has 0 spiro atoms. The second-order valence-corrected chi connectivity index (χ2v) is 7.58. The van der Waals surface area contributed by atoms with Crippen LogP contribution in [-0.4, -0.2) is 36.9 Å². The number of hydrogen-bond donors (Lipinski definition) is 2. The minimum Gasteiger partial charge on any atom is -0.479 e. The summed E-state index contributed by atoms with van der Waals surface area (Å²) in [6.07, 6.45) is 1.06. The summed E-state index contributed by atoms with van der Waals surface area (Å²) in [5.41, 5.74) is 1.94. The Labute approximate surface area is 178 Å². The number of aliphatic hydroxyl groups is 1. The number of methoxy groups -OCH3 is 1. The van der Waals surface area contributed by atoms with Crippen LogP contribution in [0.2, 0.25) is 5.02 Å². The number of rotatable bonds is 11. The highest BCUT2D eigenvalue weighted by molar-refractivity contribution is 6.30. The van der Waals surface area contributed by atoms with Gasteiger partial charge in [-0.15, -0.1) is 0 Å². The van der Waals surface area contributed by atoms with Crippen molar-refractivity contribution in [1.82, 2.24) is 5.32 Å². The molecule has 3 atom stereocenters. The predicted molar refractivity (Wildman–Crippen MR) is 115 cm³/mol. The van der Waals surface area contributed by atoms with Gasteiger partial charge in [-0.2, -0.15) is 0 Å². The molecule has 158 valence electrons. The molecule has 2 aromatic carbocycles. The van der Waals surface area contributed by atoms with Gasteiger partial charge in [-0.3, -0.25) is 0 Å². The third kappa shape index (κ3) is 7.69. The van der Waals surface area contributed by atoms with Gasteiger partial charge in [0.05, 0.1) is 13.2 Å². The SMILES string of the molecule is CCCC(Oc1ccc(CC(C)NCC(O)c2cccc(Cl)c2)cc1)C(=O)OC. The first-order chi connectivity index (χ1) is 13.9. The first-order valence-corrected chi connectivity index (χ1v) is 10.3. The van der Waals surface area contributed by atoms with Gasteiger partial charge in [0, 0.05) is 17.6 Å². The van der Waals surface area contributed by atoms with Crippen LogP contribution in [0.5, 0.6) is 5.75 Å². The number of benzene rings is 2. The molecule has 0 aliphatic rings. The minimum absolute atomic E-state index is 0.179. The van der Waals surface area contributed by atoms with Crippen LogP contribution in [0.15, 0.2) is 48.5 Å². The fraction of sp³-hybridized carbons (Fsp3) is 0.435. The number of nitrogens with one attached hydrogen (secondary N) is 1. The first-order valence-electron chi connectivity index (χ1n) is 9.93. The molecule has 2 rings (SSSR count). The first kappa shape index (κ1) is 23.2. The number of halogens is 1. The summed E-state index contributed by atoms with van der Waals surface area (Å²) in [6.45, 7) is 4.52. The van der Waals surface area contributed by atoms with Crippen molar-refractivity contribution in [2.24, 2.45) is 0 Å². The Hall–Kier alpha value is -2.08. The average molecular weight is 420 g/mol. The fourth-order valence-electron chi connectivity index (χ4n) is 3.06. The number of ether oxygens (including phenoxy) is 2. The molecule has 0 aliphatic heterocycles. The van der Waals surface area contributed by atoms with Crippen LogP contribution in [-0.2, 0) is 16.0 Å². The molecule has 29 heavy (non-hydrogen) atoms. The van der Waals surface area contributed by atoms with Crippen molar-refractivity contribution in [1.29, 1.82) is 0 Å². The zero-order chi connectivity index (χ0) is 21.2. The van der Waals surface area contributed by atoms with Crippen LogP contribution in [0.1, 0.15) is 43.9 Å². The molecule has 0 radical (unpaired) electrons. The van der Waals surface area contributed by atoms with Gasteiger partial charge in [-0.05, 0) is 55.2 Å². The van der Waals surface area contributed by atoms with Crippen molar-refractivity contribution < 1.29 is 19.4 Å². The molecule has 0 amide bonds. The Morgan fingerprint density at radius 1 is 1.21 bits per heavy atom. The lowest BCUT2D eigenvalue weighted by Gasteiger charge is -2.19. The average Bonchev–Trinajstić information content (AvgIpc) is 2.72. The molecule has 0 fully saturated rings. The Morgan fingerprint density at radius 3 is 2.55 bits per heavy atom. The molecule has 3 unspecified atom stereocenters. The Kier molecular flexibility index (Phi) is 9.45. The molecule has 0 heterocycles. The Morgan fingerprint density at radius 2 is 1.93 bits per heavy atom. The maximum atomic E-state index is 11.8. The van der Waals surface area contributed by atoms with Crippen LogP contribution in [0.3, 0.4) is 0 Å². The molecule has 5 nitrogen and oxygen atoms in total. The van der Waals surface area contributed by atoms with Gasteiger partial charge in [0.1, 0.15) is 5.75 Å². The normalized spacial score (nSPS) is 14.1. The molecule has 0 bridgehead atoms. The van der Waals surface area contributed by atoms with E-state index in [-0.39, 0.29) is 12.0 Å². The van der Waals surface area contributed by atoms with Gasteiger partial charge >= 0.3 is 5.97 Å². The smallest absolute Gasteiger partial charge is 0.347 e. The van der Waals surface area contributed by atoms with Gasteiger partial charge in [0.15, 0.2) is 6.10 Å². The van der Waals surface area contributed by atoms with Crippen molar-refractivity contribution in [3.8, 4) is 5.75 Å². The molecule has 0 aliphatic carbocycles. The van der Waals surface area contributed by atoms with Crippen LogP contribution < -0.4 is 10.1 Å². The van der Waals surface area contributed by atoms with E-state index in [1.165, 1.54) is 7.11 Å². The molecule has 6 heteroatoms. The Bertz CT molecular complexity index is 766. The van der Waals surface area contributed by atoms with Gasteiger partial charge in [-0.25, -0.2) is 4.79 Å². The van der Waals surface area contributed by atoms with Gasteiger partial charge in [0.25, 0.3) is 0 Å². The lowest BCUT2D eigenvalue weighted by atomic mass is 10.1. The fourth-order valence-corrected chi connectivity index (χ4v) is 3.26. The van der Waals surface area contributed by atoms with Crippen molar-refractivity contribution in [3.05, 3.63) is 64.7 Å². The molecule has 0 saturated heterocycles. The van der Waals surface area contributed by atoms with E-state index in [1.54, 1.807) is 12.1 Å². The third-order valence-electron chi connectivity index (χ3n) is 4.65. The highest BCUT2D eigenvalue weighted by Crippen LogP contribution is 2.19. The summed E-state index contributed by atoms with van der Waals surface area (Å²) >= 11 is 5.98. The van der Waals surface area contributed by atoms with Crippen molar-refractivity contribution >= 4 is 17.6 Å². The highest BCUT2D eigenvalue weighted by Gasteiger charge is 2.20. The summed E-state index contributed by atoms with van der Waals surface area (Å²) in [4.78, 5) is 11.8. The number of carbonyl (C=O) groups excluding carboxylic acids is 1. The van der Waals surface area contributed by atoms with E-state index in [0.717, 1.165) is 24.0 Å². The van der Waals surface area contributed by atoms with Gasteiger partial charge < -0.3 is 19.9 Å². The lowest BCUT2D eigenvalue weighted by Crippen LogP contribution is -2.32. The number of carbonyl (C=O) groups is 1. The second kappa shape index (κ2) is 11.8. The molecule has 0 saturated carbocycles. The van der Waals surface area contributed by atoms with E-state index in [4.69, 9.17) is 21.1 Å². The number of aliphatic hydroxyl groups excluding tert-OH is 1. The van der Waals surface area contributed by atoms with Gasteiger partial charge in [0.2, 0.25) is 0 Å². The monoisotopic (exact) mass is 419 g/mol. The summed E-state index contributed by atoms with van der Waals surface area (Å²) in [7, 11) is 1.37. The maximum Gasteiger partial charge on any atom is 0.347 e. The van der Waals surface area contributed by atoms with Crippen LogP contribution in [0, 0.1) is 0 Å². The summed E-state index contributed by atoms with van der Waals surface area (Å²) in [5, 5.41) is 14.3. The lowest BCUT2D eigenvalue weighted by molar-refractivity contribution is -0.149. The van der Waals surface area contributed by atoms with Crippen molar-refractivity contribution in [2.45, 2.75) is 51.4 Å². The van der Waals surface area contributed by atoms with E-state index in [9.17, 15) is 9.90 Å². The summed E-state index contributed by atoms with van der Waals surface area (Å²) in [5.74, 6) is 0.293. The zero-order valence-electron chi connectivity index (χ0n) is 17.2. The van der Waals surface area contributed by atoms with E-state index < -0.39 is 12.2 Å². The van der Waals surface area contributed by atoms with E-state index in [0.29, 0.717) is 23.7 Å². The maximum absolute atomic E-state index is 11.8.